The molecule has 1 aromatic rings. The van der Waals surface area contributed by atoms with Crippen LogP contribution in [0, 0.1) is 11.8 Å². The summed E-state index contributed by atoms with van der Waals surface area (Å²) >= 11 is 0. The van der Waals surface area contributed by atoms with E-state index in [2.05, 4.69) is 48.6 Å². The van der Waals surface area contributed by atoms with Crippen LogP contribution in [0.5, 0.6) is 0 Å². The van der Waals surface area contributed by atoms with Crippen molar-refractivity contribution in [3.05, 3.63) is 59.2 Å². The Morgan fingerprint density at radius 1 is 1.00 bits per heavy atom. The summed E-state index contributed by atoms with van der Waals surface area (Å²) in [5.41, 5.74) is 6.07. The molecule has 0 saturated heterocycles. The summed E-state index contributed by atoms with van der Waals surface area (Å²) in [7, 11) is 0. The maximum absolute atomic E-state index is 2.44. The van der Waals surface area contributed by atoms with Gasteiger partial charge < -0.3 is 0 Å². The molecule has 1 saturated carbocycles. The molecule has 0 aromatic heterocycles. The standard InChI is InChI=1S/C18H18/c1-3-7-15-13(5-1)9-11-18-16-8-4-2-6-14(16)10-12-17(15)18/h1,3,5,7,9-12,16,18H,2,4,6,8H2/t16-,18-/m0/s1. The molecule has 3 aliphatic rings. The van der Waals surface area contributed by atoms with E-state index in [1.165, 1.54) is 36.8 Å². The molecule has 0 heterocycles. The minimum Gasteiger partial charge on any atom is -0.0758 e. The minimum absolute atomic E-state index is 0.639. The van der Waals surface area contributed by atoms with Gasteiger partial charge in [-0.05, 0) is 41.9 Å². The number of hydrogen-bond donors (Lipinski definition) is 0. The van der Waals surface area contributed by atoms with Crippen molar-refractivity contribution in [3.8, 4) is 0 Å². The van der Waals surface area contributed by atoms with Crippen molar-refractivity contribution in [3.63, 3.8) is 0 Å². The summed E-state index contributed by atoms with van der Waals surface area (Å²) in [4.78, 5) is 0. The Kier molecular flexibility index (Phi) is 2.29. The van der Waals surface area contributed by atoms with E-state index in [9.17, 15) is 0 Å². The van der Waals surface area contributed by atoms with Crippen molar-refractivity contribution < 1.29 is 0 Å². The molecule has 0 aliphatic heterocycles. The average Bonchev–Trinajstić information content (AvgIpc) is 2.46. The molecule has 90 valence electrons. The largest absolute Gasteiger partial charge is 0.0758 e. The van der Waals surface area contributed by atoms with Gasteiger partial charge in [-0.1, -0.05) is 60.6 Å². The number of benzene rings is 1. The Bertz CT molecular complexity index is 571. The van der Waals surface area contributed by atoms with Crippen molar-refractivity contribution in [2.24, 2.45) is 11.8 Å². The summed E-state index contributed by atoms with van der Waals surface area (Å²) in [5, 5.41) is 0. The maximum atomic E-state index is 2.44. The van der Waals surface area contributed by atoms with Gasteiger partial charge in [0.05, 0.1) is 0 Å². The van der Waals surface area contributed by atoms with E-state index in [0.29, 0.717) is 5.92 Å². The first-order valence-electron chi connectivity index (χ1n) is 7.12. The second-order valence-electron chi connectivity index (χ2n) is 5.69. The van der Waals surface area contributed by atoms with E-state index < -0.39 is 0 Å². The lowest BCUT2D eigenvalue weighted by atomic mass is 9.67. The topological polar surface area (TPSA) is 0 Å². The van der Waals surface area contributed by atoms with Crippen LogP contribution in [-0.4, -0.2) is 0 Å². The zero-order chi connectivity index (χ0) is 11.9. The normalized spacial score (nSPS) is 28.7. The summed E-state index contributed by atoms with van der Waals surface area (Å²) in [6, 6.07) is 8.80. The fourth-order valence-electron chi connectivity index (χ4n) is 3.83. The molecule has 0 heteroatoms. The van der Waals surface area contributed by atoms with Gasteiger partial charge in [0.1, 0.15) is 0 Å². The molecule has 0 nitrogen and oxygen atoms in total. The van der Waals surface area contributed by atoms with Gasteiger partial charge in [0.25, 0.3) is 0 Å². The lowest BCUT2D eigenvalue weighted by molar-refractivity contribution is 0.408. The molecule has 2 atom stereocenters. The van der Waals surface area contributed by atoms with E-state index in [0.717, 1.165) is 5.92 Å². The SMILES string of the molecule is C1=C[C@@H]2C(=CC=C3CCCC[C@@H]32)c2ccccc21. The van der Waals surface area contributed by atoms with Crippen LogP contribution in [0.25, 0.3) is 11.6 Å². The van der Waals surface area contributed by atoms with E-state index in [1.54, 1.807) is 11.1 Å². The lowest BCUT2D eigenvalue weighted by Crippen LogP contribution is -2.24. The zero-order valence-corrected chi connectivity index (χ0v) is 10.6. The van der Waals surface area contributed by atoms with E-state index >= 15 is 0 Å². The first kappa shape index (κ1) is 10.4. The van der Waals surface area contributed by atoms with Crippen LogP contribution in [0.15, 0.2) is 48.1 Å². The monoisotopic (exact) mass is 234 g/mol. The van der Waals surface area contributed by atoms with Gasteiger partial charge in [-0.25, -0.2) is 0 Å². The summed E-state index contributed by atoms with van der Waals surface area (Å²) in [6.45, 7) is 0. The van der Waals surface area contributed by atoms with Crippen molar-refractivity contribution in [2.45, 2.75) is 25.7 Å². The maximum Gasteiger partial charge on any atom is 0.00930 e. The van der Waals surface area contributed by atoms with Gasteiger partial charge in [0, 0.05) is 5.92 Å². The number of fused-ring (bicyclic) bond motifs is 5. The molecule has 1 aromatic carbocycles. The third kappa shape index (κ3) is 1.45. The molecule has 0 unspecified atom stereocenters. The minimum atomic E-state index is 0.639. The predicted molar refractivity (Wildman–Crippen MR) is 77.0 cm³/mol. The predicted octanol–water partition coefficient (Wildman–Crippen LogP) is 4.84. The van der Waals surface area contributed by atoms with Gasteiger partial charge in [-0.3, -0.25) is 0 Å². The second kappa shape index (κ2) is 3.98. The molecule has 3 aliphatic carbocycles. The highest BCUT2D eigenvalue weighted by Gasteiger charge is 2.32. The molecule has 0 bridgehead atoms. The van der Waals surface area contributed by atoms with Crippen LogP contribution in [-0.2, 0) is 0 Å². The molecule has 18 heavy (non-hydrogen) atoms. The molecular weight excluding hydrogens is 216 g/mol. The molecular formula is C18H18. The van der Waals surface area contributed by atoms with E-state index in [-0.39, 0.29) is 0 Å². The highest BCUT2D eigenvalue weighted by atomic mass is 14.4. The van der Waals surface area contributed by atoms with E-state index in [4.69, 9.17) is 0 Å². The first-order valence-corrected chi connectivity index (χ1v) is 7.12. The molecule has 4 rings (SSSR count). The Balaban J connectivity index is 1.85. The third-order valence-corrected chi connectivity index (χ3v) is 4.73. The van der Waals surface area contributed by atoms with Crippen LogP contribution in [0.1, 0.15) is 36.8 Å². The van der Waals surface area contributed by atoms with Crippen LogP contribution < -0.4 is 0 Å². The Hall–Kier alpha value is -1.56. The summed E-state index contributed by atoms with van der Waals surface area (Å²) in [5.74, 6) is 1.42. The van der Waals surface area contributed by atoms with Crippen LogP contribution >= 0.6 is 0 Å². The molecule has 0 radical (unpaired) electrons. The lowest BCUT2D eigenvalue weighted by Gasteiger charge is -2.37. The van der Waals surface area contributed by atoms with Crippen molar-refractivity contribution in [2.75, 3.05) is 0 Å². The van der Waals surface area contributed by atoms with Gasteiger partial charge in [0.2, 0.25) is 0 Å². The van der Waals surface area contributed by atoms with Gasteiger partial charge in [-0.2, -0.15) is 0 Å². The summed E-state index contributed by atoms with van der Waals surface area (Å²) < 4.78 is 0. The third-order valence-electron chi connectivity index (χ3n) is 4.73. The zero-order valence-electron chi connectivity index (χ0n) is 10.6. The van der Waals surface area contributed by atoms with Crippen molar-refractivity contribution >= 4 is 11.6 Å². The smallest absolute Gasteiger partial charge is 0.00930 e. The van der Waals surface area contributed by atoms with Crippen molar-refractivity contribution in [1.82, 2.24) is 0 Å². The number of allylic oxidation sites excluding steroid dienone is 5. The van der Waals surface area contributed by atoms with Gasteiger partial charge in [-0.15, -0.1) is 0 Å². The van der Waals surface area contributed by atoms with Gasteiger partial charge >= 0.3 is 0 Å². The molecule has 0 amide bonds. The fraction of sp³-hybridized carbons (Fsp3) is 0.333. The van der Waals surface area contributed by atoms with Crippen LogP contribution in [0.3, 0.4) is 0 Å². The molecule has 1 fully saturated rings. The number of rotatable bonds is 0. The van der Waals surface area contributed by atoms with Crippen LogP contribution in [0.2, 0.25) is 0 Å². The Labute approximate surface area is 109 Å². The highest BCUT2D eigenvalue weighted by molar-refractivity contribution is 5.83. The average molecular weight is 234 g/mol. The number of hydrogen-bond acceptors (Lipinski definition) is 0. The molecule has 0 spiro atoms. The first-order chi connectivity index (χ1) is 8.93. The second-order valence-corrected chi connectivity index (χ2v) is 5.69. The van der Waals surface area contributed by atoms with Crippen molar-refractivity contribution in [1.29, 1.82) is 0 Å². The van der Waals surface area contributed by atoms with Crippen LogP contribution in [0.4, 0.5) is 0 Å². The van der Waals surface area contributed by atoms with E-state index in [1.807, 2.05) is 0 Å². The molecule has 0 N–H and O–H groups in total. The Morgan fingerprint density at radius 2 is 1.94 bits per heavy atom. The Morgan fingerprint density at radius 3 is 2.94 bits per heavy atom. The van der Waals surface area contributed by atoms with Gasteiger partial charge in [0.15, 0.2) is 0 Å². The quantitative estimate of drug-likeness (QED) is 0.602. The summed E-state index contributed by atoms with van der Waals surface area (Å²) in [6.07, 6.45) is 15.0. The fourth-order valence-corrected chi connectivity index (χ4v) is 3.83. The highest BCUT2D eigenvalue weighted by Crippen LogP contribution is 2.47.